The Labute approximate surface area is 63.2 Å². The van der Waals surface area contributed by atoms with Crippen molar-refractivity contribution < 1.29 is 13.2 Å². The van der Waals surface area contributed by atoms with Crippen LogP contribution in [0, 0.1) is 5.92 Å². The van der Waals surface area contributed by atoms with Crippen molar-refractivity contribution in [1.82, 2.24) is 0 Å². The van der Waals surface area contributed by atoms with Crippen LogP contribution in [0.3, 0.4) is 0 Å². The van der Waals surface area contributed by atoms with Crippen molar-refractivity contribution in [1.29, 1.82) is 0 Å². The molecule has 0 aliphatic rings. The molecule has 0 bridgehead atoms. The van der Waals surface area contributed by atoms with Gasteiger partial charge in [-0.25, -0.2) is 0 Å². The molecule has 0 spiro atoms. The smallest absolute Gasteiger partial charge is 0.170 e. The van der Waals surface area contributed by atoms with E-state index in [1.165, 1.54) is 0 Å². The molecule has 0 atom stereocenters. The SMILES string of the molecule is CC(C)CSCC(F)(F)F. The zero-order valence-electron chi connectivity index (χ0n) is 6.03. The lowest BCUT2D eigenvalue weighted by molar-refractivity contribution is -0.105. The number of rotatable bonds is 3. The lowest BCUT2D eigenvalue weighted by Gasteiger charge is -2.06. The zero-order valence-corrected chi connectivity index (χ0v) is 6.85. The predicted molar refractivity (Wildman–Crippen MR) is 38.2 cm³/mol. The molecule has 0 amide bonds. The van der Waals surface area contributed by atoms with Crippen LogP contribution in [0.2, 0.25) is 0 Å². The Kier molecular flexibility index (Phi) is 4.17. The van der Waals surface area contributed by atoms with Gasteiger partial charge in [-0.05, 0) is 11.7 Å². The fourth-order valence-corrected chi connectivity index (χ4v) is 1.23. The van der Waals surface area contributed by atoms with E-state index in [1.807, 2.05) is 13.8 Å². The summed E-state index contributed by atoms with van der Waals surface area (Å²) in [6.45, 7) is 3.81. The van der Waals surface area contributed by atoms with Crippen LogP contribution >= 0.6 is 11.8 Å². The Morgan fingerprint density at radius 1 is 1.30 bits per heavy atom. The van der Waals surface area contributed by atoms with Gasteiger partial charge in [0.05, 0.1) is 5.75 Å². The van der Waals surface area contributed by atoms with Gasteiger partial charge in [-0.15, -0.1) is 0 Å². The van der Waals surface area contributed by atoms with Gasteiger partial charge in [-0.1, -0.05) is 13.8 Å². The van der Waals surface area contributed by atoms with Crippen molar-refractivity contribution in [3.05, 3.63) is 0 Å². The van der Waals surface area contributed by atoms with Gasteiger partial charge >= 0.3 is 6.18 Å². The molecule has 0 aromatic rings. The quantitative estimate of drug-likeness (QED) is 0.630. The zero-order chi connectivity index (χ0) is 8.20. The first-order valence-corrected chi connectivity index (χ1v) is 4.22. The first kappa shape index (κ1) is 10.1. The Morgan fingerprint density at radius 3 is 2.10 bits per heavy atom. The average molecular weight is 172 g/mol. The molecule has 4 heteroatoms. The maximum absolute atomic E-state index is 11.5. The molecule has 0 unspecified atom stereocenters. The maximum atomic E-state index is 11.5. The van der Waals surface area contributed by atoms with Gasteiger partial charge in [0.1, 0.15) is 0 Å². The molecule has 10 heavy (non-hydrogen) atoms. The van der Waals surface area contributed by atoms with E-state index in [9.17, 15) is 13.2 Å². The van der Waals surface area contributed by atoms with Crippen LogP contribution in [0.15, 0.2) is 0 Å². The van der Waals surface area contributed by atoms with E-state index < -0.39 is 11.9 Å². The largest absolute Gasteiger partial charge is 0.397 e. The fourth-order valence-electron chi connectivity index (χ4n) is 0.410. The minimum absolute atomic E-state index is 0.340. The number of thioether (sulfide) groups is 1. The van der Waals surface area contributed by atoms with Gasteiger partial charge < -0.3 is 0 Å². The predicted octanol–water partition coefficient (Wildman–Crippen LogP) is 2.94. The summed E-state index contributed by atoms with van der Waals surface area (Å²) >= 11 is 0.943. The molecular formula is C6H11F3S. The van der Waals surface area contributed by atoms with Crippen molar-refractivity contribution >= 4 is 11.8 Å². The van der Waals surface area contributed by atoms with Crippen LogP contribution in [0.4, 0.5) is 13.2 Å². The minimum atomic E-state index is -4.00. The summed E-state index contributed by atoms with van der Waals surface area (Å²) in [7, 11) is 0. The Balaban J connectivity index is 3.21. The van der Waals surface area contributed by atoms with Gasteiger partial charge in [0.2, 0.25) is 0 Å². The highest BCUT2D eigenvalue weighted by Crippen LogP contribution is 2.22. The summed E-state index contributed by atoms with van der Waals surface area (Å²) in [6.07, 6.45) is -4.00. The molecule has 0 saturated carbocycles. The van der Waals surface area contributed by atoms with Gasteiger partial charge in [-0.3, -0.25) is 0 Å². The summed E-state index contributed by atoms with van der Waals surface area (Å²) in [5.41, 5.74) is 0. The summed E-state index contributed by atoms with van der Waals surface area (Å²) in [5.74, 6) is 0.206. The van der Waals surface area contributed by atoms with Crippen molar-refractivity contribution in [3.8, 4) is 0 Å². The highest BCUT2D eigenvalue weighted by Gasteiger charge is 2.26. The van der Waals surface area contributed by atoms with Crippen LogP contribution < -0.4 is 0 Å². The van der Waals surface area contributed by atoms with Crippen molar-refractivity contribution in [2.24, 2.45) is 5.92 Å². The molecule has 0 fully saturated rings. The number of halogens is 3. The molecule has 0 N–H and O–H groups in total. The van der Waals surface area contributed by atoms with Gasteiger partial charge in [0.15, 0.2) is 0 Å². The topological polar surface area (TPSA) is 0 Å². The van der Waals surface area contributed by atoms with E-state index in [-0.39, 0.29) is 0 Å². The highest BCUT2D eigenvalue weighted by molar-refractivity contribution is 7.99. The average Bonchev–Trinajstić information content (AvgIpc) is 1.59. The summed E-state index contributed by atoms with van der Waals surface area (Å²) < 4.78 is 34.5. The van der Waals surface area contributed by atoms with Crippen LogP contribution in [-0.4, -0.2) is 17.7 Å². The van der Waals surface area contributed by atoms with Crippen LogP contribution in [-0.2, 0) is 0 Å². The van der Waals surface area contributed by atoms with E-state index in [0.29, 0.717) is 11.7 Å². The second kappa shape index (κ2) is 4.11. The highest BCUT2D eigenvalue weighted by atomic mass is 32.2. The van der Waals surface area contributed by atoms with Crippen molar-refractivity contribution in [2.75, 3.05) is 11.5 Å². The standard InChI is InChI=1S/C6H11F3S/c1-5(2)3-10-4-6(7,8)9/h5H,3-4H2,1-2H3. The molecular weight excluding hydrogens is 161 g/mol. The molecule has 0 aromatic heterocycles. The molecule has 0 aliphatic heterocycles. The van der Waals surface area contributed by atoms with Gasteiger partial charge in [0, 0.05) is 0 Å². The van der Waals surface area contributed by atoms with Gasteiger partial charge in [-0.2, -0.15) is 24.9 Å². The number of alkyl halides is 3. The third-order valence-corrected chi connectivity index (χ3v) is 2.15. The van der Waals surface area contributed by atoms with Crippen molar-refractivity contribution in [2.45, 2.75) is 20.0 Å². The normalized spacial score (nSPS) is 12.6. The molecule has 0 saturated heterocycles. The Hall–Kier alpha value is 0.140. The summed E-state index contributed by atoms with van der Waals surface area (Å²) in [6, 6.07) is 0. The summed E-state index contributed by atoms with van der Waals surface area (Å²) in [4.78, 5) is 0. The first-order valence-electron chi connectivity index (χ1n) is 3.06. The fraction of sp³-hybridized carbons (Fsp3) is 1.00. The third-order valence-electron chi connectivity index (χ3n) is 0.717. The van der Waals surface area contributed by atoms with E-state index in [4.69, 9.17) is 0 Å². The van der Waals surface area contributed by atoms with Crippen LogP contribution in [0.1, 0.15) is 13.8 Å². The first-order chi connectivity index (χ1) is 4.42. The molecule has 0 rings (SSSR count). The molecule has 62 valence electrons. The maximum Gasteiger partial charge on any atom is 0.397 e. The molecule has 0 aromatic carbocycles. The number of hydrogen-bond donors (Lipinski definition) is 0. The lowest BCUT2D eigenvalue weighted by atomic mass is 10.3. The minimum Gasteiger partial charge on any atom is -0.170 e. The van der Waals surface area contributed by atoms with Gasteiger partial charge in [0.25, 0.3) is 0 Å². The van der Waals surface area contributed by atoms with Crippen molar-refractivity contribution in [3.63, 3.8) is 0 Å². The number of hydrogen-bond acceptors (Lipinski definition) is 1. The third kappa shape index (κ3) is 8.14. The Bertz CT molecular complexity index is 87.5. The van der Waals surface area contributed by atoms with E-state index in [0.717, 1.165) is 11.8 Å². The monoisotopic (exact) mass is 172 g/mol. The second-order valence-electron chi connectivity index (χ2n) is 2.52. The summed E-state index contributed by atoms with van der Waals surface area (Å²) in [5, 5.41) is 0. The molecule has 0 radical (unpaired) electrons. The second-order valence-corrected chi connectivity index (χ2v) is 3.55. The molecule has 0 nitrogen and oxygen atoms in total. The van der Waals surface area contributed by atoms with E-state index in [2.05, 4.69) is 0 Å². The molecule has 0 heterocycles. The Morgan fingerprint density at radius 2 is 1.80 bits per heavy atom. The van der Waals surface area contributed by atoms with Crippen LogP contribution in [0.25, 0.3) is 0 Å². The lowest BCUT2D eigenvalue weighted by Crippen LogP contribution is -2.11. The van der Waals surface area contributed by atoms with E-state index >= 15 is 0 Å². The van der Waals surface area contributed by atoms with E-state index in [1.54, 1.807) is 0 Å². The van der Waals surface area contributed by atoms with Crippen LogP contribution in [0.5, 0.6) is 0 Å². The molecule has 0 aliphatic carbocycles.